The Kier molecular flexibility index (Phi) is 7.00. The Morgan fingerprint density at radius 1 is 0.291 bits per heavy atom. The first-order chi connectivity index (χ1) is 27.1. The molecule has 0 amide bonds. The summed E-state index contributed by atoms with van der Waals surface area (Å²) in [6, 6.07) is 72.0. The monoisotopic (exact) mass is 698 g/mol. The highest BCUT2D eigenvalue weighted by Crippen LogP contribution is 2.52. The van der Waals surface area contributed by atoms with Crippen LogP contribution in [0.5, 0.6) is 0 Å². The van der Waals surface area contributed by atoms with Crippen LogP contribution in [0.3, 0.4) is 0 Å². The van der Waals surface area contributed by atoms with Gasteiger partial charge in [0.05, 0.1) is 0 Å². The third-order valence-corrected chi connectivity index (χ3v) is 12.3. The largest absolute Gasteiger partial charge is 0.0622 e. The van der Waals surface area contributed by atoms with Crippen molar-refractivity contribution in [2.45, 2.75) is 19.3 Å². The van der Waals surface area contributed by atoms with E-state index in [1.165, 1.54) is 110 Å². The molecule has 0 fully saturated rings. The number of fused-ring (bicyclic) bond motifs is 8. The molecule has 0 heteroatoms. The lowest BCUT2D eigenvalue weighted by molar-refractivity contribution is 0.666. The predicted molar refractivity (Wildman–Crippen MR) is 236 cm³/mol. The minimum absolute atomic E-state index is 0.0571. The average molecular weight is 699 g/mol. The third-order valence-electron chi connectivity index (χ3n) is 12.3. The van der Waals surface area contributed by atoms with Crippen LogP contribution in [0.25, 0.3) is 98.7 Å². The molecule has 0 saturated heterocycles. The predicted octanol–water partition coefficient (Wildman–Crippen LogP) is 15.3. The van der Waals surface area contributed by atoms with Gasteiger partial charge >= 0.3 is 0 Å². The molecule has 258 valence electrons. The maximum Gasteiger partial charge on any atom is 0.0165 e. The minimum atomic E-state index is -0.0571. The Morgan fingerprint density at radius 3 is 1.45 bits per heavy atom. The zero-order valence-electron chi connectivity index (χ0n) is 31.0. The maximum atomic E-state index is 2.42. The summed E-state index contributed by atoms with van der Waals surface area (Å²) in [4.78, 5) is 0. The molecule has 1 aliphatic rings. The van der Waals surface area contributed by atoms with E-state index in [1.807, 2.05) is 0 Å². The summed E-state index contributed by atoms with van der Waals surface area (Å²) >= 11 is 0. The highest BCUT2D eigenvalue weighted by Gasteiger charge is 2.37. The fourth-order valence-corrected chi connectivity index (χ4v) is 9.74. The molecular formula is C55H38. The van der Waals surface area contributed by atoms with Crippen molar-refractivity contribution in [1.29, 1.82) is 0 Å². The van der Waals surface area contributed by atoms with Gasteiger partial charge in [-0.25, -0.2) is 0 Å². The van der Waals surface area contributed by atoms with Gasteiger partial charge < -0.3 is 0 Å². The molecule has 0 spiro atoms. The van der Waals surface area contributed by atoms with E-state index >= 15 is 0 Å². The van der Waals surface area contributed by atoms with Crippen LogP contribution in [0.4, 0.5) is 0 Å². The molecule has 10 aromatic carbocycles. The van der Waals surface area contributed by atoms with Crippen LogP contribution in [0.2, 0.25) is 0 Å². The van der Waals surface area contributed by atoms with Crippen LogP contribution in [0.15, 0.2) is 194 Å². The summed E-state index contributed by atoms with van der Waals surface area (Å²) in [7, 11) is 0. The van der Waals surface area contributed by atoms with Crippen molar-refractivity contribution >= 4 is 43.1 Å². The lowest BCUT2D eigenvalue weighted by atomic mass is 9.80. The molecule has 0 aliphatic heterocycles. The Hall–Kier alpha value is -6.76. The molecule has 0 unspecified atom stereocenters. The van der Waals surface area contributed by atoms with Crippen LogP contribution in [0.1, 0.15) is 25.0 Å². The Balaban J connectivity index is 1.06. The molecule has 10 aromatic rings. The van der Waals surface area contributed by atoms with E-state index in [9.17, 15) is 0 Å². The van der Waals surface area contributed by atoms with Gasteiger partial charge in [0.15, 0.2) is 0 Å². The second-order valence-corrected chi connectivity index (χ2v) is 15.6. The quantitative estimate of drug-likeness (QED) is 0.161. The lowest BCUT2D eigenvalue weighted by Crippen LogP contribution is -2.15. The van der Waals surface area contributed by atoms with Gasteiger partial charge in [0.1, 0.15) is 0 Å². The molecular weight excluding hydrogens is 661 g/mol. The number of hydrogen-bond donors (Lipinski definition) is 0. The van der Waals surface area contributed by atoms with Crippen molar-refractivity contribution in [2.24, 2.45) is 0 Å². The van der Waals surface area contributed by atoms with Gasteiger partial charge in [0.25, 0.3) is 0 Å². The highest BCUT2D eigenvalue weighted by molar-refractivity contribution is 6.24. The molecule has 0 aromatic heterocycles. The van der Waals surface area contributed by atoms with Crippen molar-refractivity contribution in [3.8, 4) is 55.6 Å². The van der Waals surface area contributed by atoms with Gasteiger partial charge in [-0.05, 0) is 116 Å². The van der Waals surface area contributed by atoms with Gasteiger partial charge in [-0.15, -0.1) is 0 Å². The third kappa shape index (κ3) is 4.78. The standard InChI is InChI=1S/C55H38/c1-55(2)51-33-29-39(34-50(51)49-30-28-37-16-6-7-17-41(37)54(49)55)35-24-26-38(27-25-35)52-44-20-10-12-22-46(44)53(47-23-13-11-21-45(47)52)48-32-31-40(36-14-4-3-5-15-36)42-18-8-9-19-43(42)48/h3-34H,1-2H3. The zero-order valence-corrected chi connectivity index (χ0v) is 31.0. The van der Waals surface area contributed by atoms with Crippen LogP contribution in [-0.2, 0) is 5.41 Å². The van der Waals surface area contributed by atoms with Crippen molar-refractivity contribution < 1.29 is 0 Å². The van der Waals surface area contributed by atoms with Crippen LogP contribution in [-0.4, -0.2) is 0 Å². The van der Waals surface area contributed by atoms with E-state index in [1.54, 1.807) is 0 Å². The van der Waals surface area contributed by atoms with Gasteiger partial charge in [0, 0.05) is 5.41 Å². The SMILES string of the molecule is CC1(C)c2ccc(-c3ccc(-c4c5ccccc5c(-c5ccc(-c6ccccc6)c6ccccc56)c5ccccc45)cc3)cc2-c2ccc3ccccc3c21. The van der Waals surface area contributed by atoms with E-state index < -0.39 is 0 Å². The van der Waals surface area contributed by atoms with Crippen molar-refractivity contribution in [3.63, 3.8) is 0 Å². The first-order valence-corrected chi connectivity index (χ1v) is 19.4. The van der Waals surface area contributed by atoms with Crippen molar-refractivity contribution in [1.82, 2.24) is 0 Å². The summed E-state index contributed by atoms with van der Waals surface area (Å²) in [5.41, 5.74) is 15.5. The van der Waals surface area contributed by atoms with E-state index in [0.29, 0.717) is 0 Å². The van der Waals surface area contributed by atoms with Crippen molar-refractivity contribution in [2.75, 3.05) is 0 Å². The molecule has 0 atom stereocenters. The van der Waals surface area contributed by atoms with Gasteiger partial charge in [-0.3, -0.25) is 0 Å². The molecule has 0 nitrogen and oxygen atoms in total. The molecule has 0 heterocycles. The van der Waals surface area contributed by atoms with Crippen LogP contribution in [0, 0.1) is 0 Å². The van der Waals surface area contributed by atoms with Gasteiger partial charge in [0.2, 0.25) is 0 Å². The lowest BCUT2D eigenvalue weighted by Gasteiger charge is -2.23. The molecule has 1 aliphatic carbocycles. The van der Waals surface area contributed by atoms with Crippen molar-refractivity contribution in [3.05, 3.63) is 205 Å². The average Bonchev–Trinajstić information content (AvgIpc) is 3.48. The summed E-state index contributed by atoms with van der Waals surface area (Å²) in [5.74, 6) is 0. The zero-order chi connectivity index (χ0) is 36.7. The second-order valence-electron chi connectivity index (χ2n) is 15.6. The Labute approximate surface area is 322 Å². The Bertz CT molecular complexity index is 3090. The molecule has 0 N–H and O–H groups in total. The Morgan fingerprint density at radius 2 is 0.782 bits per heavy atom. The molecule has 55 heavy (non-hydrogen) atoms. The van der Waals surface area contributed by atoms with Crippen LogP contribution >= 0.6 is 0 Å². The molecule has 11 rings (SSSR count). The first-order valence-electron chi connectivity index (χ1n) is 19.4. The highest BCUT2D eigenvalue weighted by atomic mass is 14.4. The topological polar surface area (TPSA) is 0 Å². The molecule has 0 saturated carbocycles. The summed E-state index contributed by atoms with van der Waals surface area (Å²) in [6.07, 6.45) is 0. The normalized spacial score (nSPS) is 13.1. The van der Waals surface area contributed by atoms with E-state index in [4.69, 9.17) is 0 Å². The van der Waals surface area contributed by atoms with E-state index in [0.717, 1.165) is 0 Å². The van der Waals surface area contributed by atoms with Gasteiger partial charge in [-0.1, -0.05) is 202 Å². The second kappa shape index (κ2) is 12.1. The number of rotatable bonds is 4. The van der Waals surface area contributed by atoms with Gasteiger partial charge in [-0.2, -0.15) is 0 Å². The van der Waals surface area contributed by atoms with E-state index in [-0.39, 0.29) is 5.41 Å². The molecule has 0 radical (unpaired) electrons. The minimum Gasteiger partial charge on any atom is -0.0622 e. The fourth-order valence-electron chi connectivity index (χ4n) is 9.74. The fraction of sp³-hybridized carbons (Fsp3) is 0.0545. The first kappa shape index (κ1) is 31.7. The number of hydrogen-bond acceptors (Lipinski definition) is 0. The maximum absolute atomic E-state index is 2.42. The molecule has 0 bridgehead atoms. The smallest absolute Gasteiger partial charge is 0.0165 e. The number of benzene rings is 10. The van der Waals surface area contributed by atoms with E-state index in [2.05, 4.69) is 208 Å². The van der Waals surface area contributed by atoms with Crippen LogP contribution < -0.4 is 0 Å². The summed E-state index contributed by atoms with van der Waals surface area (Å²) < 4.78 is 0. The summed E-state index contributed by atoms with van der Waals surface area (Å²) in [5, 5.41) is 10.3. The summed E-state index contributed by atoms with van der Waals surface area (Å²) in [6.45, 7) is 4.75.